The number of carboxylic acid groups (broad SMARTS) is 1. The molecule has 0 bridgehead atoms. The van der Waals surface area contributed by atoms with E-state index in [-0.39, 0.29) is 23.6 Å². The van der Waals surface area contributed by atoms with Gasteiger partial charge in [-0.1, -0.05) is 6.07 Å². The molecule has 11 heteroatoms. The number of rotatable bonds is 7. The first kappa shape index (κ1) is 30.0. The zero-order valence-corrected chi connectivity index (χ0v) is 23.2. The fourth-order valence-electron chi connectivity index (χ4n) is 4.36. The number of aliphatic imine (C=N–C) groups is 1. The minimum Gasteiger partial charge on any atom is -0.481 e. The van der Waals surface area contributed by atoms with Crippen LogP contribution in [0.5, 0.6) is 0 Å². The molecule has 1 aliphatic rings. The Morgan fingerprint density at radius 3 is 2.43 bits per heavy atom. The number of amides is 2. The normalized spacial score (nSPS) is 13.5. The predicted molar refractivity (Wildman–Crippen MR) is 152 cm³/mol. The summed E-state index contributed by atoms with van der Waals surface area (Å²) in [5, 5.41) is 14.9. The first-order valence-corrected chi connectivity index (χ1v) is 13.1. The Labute approximate surface area is 240 Å². The molecule has 42 heavy (non-hydrogen) atoms. The van der Waals surface area contributed by atoms with E-state index in [4.69, 9.17) is 4.74 Å². The zero-order valence-electron chi connectivity index (χ0n) is 23.2. The van der Waals surface area contributed by atoms with Gasteiger partial charge < -0.3 is 20.5 Å². The highest BCUT2D eigenvalue weighted by molar-refractivity contribution is 6.12. The van der Waals surface area contributed by atoms with Gasteiger partial charge in [0, 0.05) is 41.2 Å². The Hall–Kier alpha value is -4.93. The second-order valence-corrected chi connectivity index (χ2v) is 10.7. The summed E-state index contributed by atoms with van der Waals surface area (Å²) in [4.78, 5) is 53.3. The molecule has 0 fully saturated rings. The molecule has 1 aliphatic carbocycles. The van der Waals surface area contributed by atoms with Crippen molar-refractivity contribution in [3.63, 3.8) is 0 Å². The van der Waals surface area contributed by atoms with Crippen molar-refractivity contribution in [3.05, 3.63) is 94.0 Å². The van der Waals surface area contributed by atoms with Crippen molar-refractivity contribution in [2.45, 2.75) is 39.2 Å². The van der Waals surface area contributed by atoms with Gasteiger partial charge in [-0.05, 0) is 87.2 Å². The Bertz CT molecular complexity index is 1600. The molecule has 0 aromatic heterocycles. The number of hydrogen-bond acceptors (Lipinski definition) is 6. The van der Waals surface area contributed by atoms with Crippen molar-refractivity contribution in [1.29, 1.82) is 0 Å². The number of aryl methyl sites for hydroxylation is 2. The van der Waals surface area contributed by atoms with Gasteiger partial charge in [-0.15, -0.1) is 0 Å². The number of halogens is 2. The Morgan fingerprint density at radius 1 is 1.00 bits per heavy atom. The third kappa shape index (κ3) is 7.42. The van der Waals surface area contributed by atoms with E-state index in [1.54, 1.807) is 51.1 Å². The van der Waals surface area contributed by atoms with Gasteiger partial charge in [-0.3, -0.25) is 14.4 Å². The van der Waals surface area contributed by atoms with Gasteiger partial charge in [0.2, 0.25) is 0 Å². The summed E-state index contributed by atoms with van der Waals surface area (Å²) < 4.78 is 32.4. The van der Waals surface area contributed by atoms with Crippen LogP contribution in [0.3, 0.4) is 0 Å². The molecule has 0 radical (unpaired) electrons. The molecule has 0 aliphatic heterocycles. The molecule has 0 saturated carbocycles. The van der Waals surface area contributed by atoms with Gasteiger partial charge in [-0.2, -0.15) is 4.99 Å². The summed E-state index contributed by atoms with van der Waals surface area (Å²) in [5.74, 6) is -4.92. The van der Waals surface area contributed by atoms with Gasteiger partial charge in [-0.25, -0.2) is 13.6 Å². The van der Waals surface area contributed by atoms with E-state index in [1.807, 2.05) is 0 Å². The van der Waals surface area contributed by atoms with E-state index >= 15 is 0 Å². The van der Waals surface area contributed by atoms with Crippen LogP contribution in [0.4, 0.5) is 25.0 Å². The van der Waals surface area contributed by atoms with Crippen LogP contribution in [-0.2, 0) is 22.4 Å². The minimum atomic E-state index is -1.30. The molecule has 218 valence electrons. The summed E-state index contributed by atoms with van der Waals surface area (Å²) in [6.45, 7) is 4.59. The lowest BCUT2D eigenvalue weighted by Crippen LogP contribution is -2.34. The van der Waals surface area contributed by atoms with E-state index in [2.05, 4.69) is 15.6 Å². The molecule has 4 rings (SSSR count). The van der Waals surface area contributed by atoms with Gasteiger partial charge in [0.25, 0.3) is 5.91 Å². The van der Waals surface area contributed by atoms with E-state index in [9.17, 15) is 33.1 Å². The van der Waals surface area contributed by atoms with Crippen LogP contribution in [0.2, 0.25) is 0 Å². The van der Waals surface area contributed by atoms with Gasteiger partial charge in [0.05, 0.1) is 5.69 Å². The third-order valence-corrected chi connectivity index (χ3v) is 6.39. The maximum atomic E-state index is 14.1. The van der Waals surface area contributed by atoms with E-state index in [0.717, 1.165) is 29.5 Å². The van der Waals surface area contributed by atoms with Crippen LogP contribution in [0.15, 0.2) is 59.6 Å². The van der Waals surface area contributed by atoms with Crippen LogP contribution in [0, 0.1) is 17.6 Å². The quantitative estimate of drug-likeness (QED) is 0.317. The predicted octanol–water partition coefficient (Wildman–Crippen LogP) is 5.47. The number of carbonyl (C=O) groups is 4. The highest BCUT2D eigenvalue weighted by Gasteiger charge is 2.24. The summed E-state index contributed by atoms with van der Waals surface area (Å²) in [6.07, 6.45) is 0.974. The highest BCUT2D eigenvalue weighted by Crippen LogP contribution is 2.29. The summed E-state index contributed by atoms with van der Waals surface area (Å²) >= 11 is 0. The lowest BCUT2D eigenvalue weighted by Gasteiger charge is -2.17. The van der Waals surface area contributed by atoms with Gasteiger partial charge in [0.1, 0.15) is 23.2 Å². The maximum Gasteiger partial charge on any atom is 0.433 e. The number of ether oxygens (including phenoxy) is 1. The SMILES string of the molecule is CC(C)(C)OC(=O)N=CC(CNC(=O)c1ccc2c(c1)C(=O)c1ccc(Nc3ccc(F)cc3F)cc1CC2)C(=O)O. The number of benzene rings is 3. The number of ketones is 1. The average Bonchev–Trinajstić information content (AvgIpc) is 3.04. The summed E-state index contributed by atoms with van der Waals surface area (Å²) in [5.41, 5.74) is 2.21. The standard InChI is InChI=1S/C31H29F2N3O6/c1-31(2,3)42-30(41)35-16-20(29(39)40)15-34-28(38)19-7-5-17-4-6-18-12-22(9-10-23(18)27(37)24(17)13-19)36-26-11-8-21(32)14-25(26)33/h5,7-14,16,20,36H,4,6,15H2,1-3H3,(H,34,38)(H,39,40). The van der Waals surface area contributed by atoms with Crippen molar-refractivity contribution >= 4 is 41.3 Å². The molecule has 0 heterocycles. The fraction of sp³-hybridized carbons (Fsp3) is 0.258. The topological polar surface area (TPSA) is 134 Å². The number of aliphatic carboxylic acids is 1. The number of anilines is 2. The van der Waals surface area contributed by atoms with Crippen LogP contribution in [-0.4, -0.2) is 47.2 Å². The average molecular weight is 578 g/mol. The number of nitrogens with zero attached hydrogens (tertiary/aromatic N) is 1. The van der Waals surface area contributed by atoms with Gasteiger partial charge in [0.15, 0.2) is 5.78 Å². The number of carboxylic acids is 1. The largest absolute Gasteiger partial charge is 0.481 e. The Balaban J connectivity index is 1.47. The van der Waals surface area contributed by atoms with Crippen molar-refractivity contribution in [3.8, 4) is 0 Å². The number of carbonyl (C=O) groups excluding carboxylic acids is 3. The first-order valence-electron chi connectivity index (χ1n) is 13.1. The van der Waals surface area contributed by atoms with Crippen LogP contribution in [0.25, 0.3) is 0 Å². The van der Waals surface area contributed by atoms with Crippen molar-refractivity contribution < 1.29 is 37.8 Å². The number of hydrogen-bond donors (Lipinski definition) is 3. The second kappa shape index (κ2) is 12.3. The number of nitrogens with one attached hydrogen (secondary N) is 2. The molecule has 1 atom stereocenters. The molecule has 0 saturated heterocycles. The molecule has 1 unspecified atom stereocenters. The molecule has 0 spiro atoms. The first-order chi connectivity index (χ1) is 19.8. The molecule has 9 nitrogen and oxygen atoms in total. The number of fused-ring (bicyclic) bond motifs is 2. The van der Waals surface area contributed by atoms with E-state index in [1.165, 1.54) is 12.1 Å². The van der Waals surface area contributed by atoms with Crippen LogP contribution >= 0.6 is 0 Å². The molecule has 3 aromatic rings. The summed E-state index contributed by atoms with van der Waals surface area (Å²) in [6, 6.07) is 12.9. The molecule has 2 amide bonds. The smallest absolute Gasteiger partial charge is 0.433 e. The fourth-order valence-corrected chi connectivity index (χ4v) is 4.36. The van der Waals surface area contributed by atoms with Crippen molar-refractivity contribution in [2.75, 3.05) is 11.9 Å². The lowest BCUT2D eigenvalue weighted by atomic mass is 9.96. The maximum absolute atomic E-state index is 14.1. The lowest BCUT2D eigenvalue weighted by molar-refractivity contribution is -0.139. The van der Waals surface area contributed by atoms with Gasteiger partial charge >= 0.3 is 12.1 Å². The van der Waals surface area contributed by atoms with E-state index < -0.39 is 41.1 Å². The highest BCUT2D eigenvalue weighted by atomic mass is 19.1. The molecule has 3 aromatic carbocycles. The Kier molecular flexibility index (Phi) is 8.79. The molecular formula is C31H29F2N3O6. The minimum absolute atomic E-state index is 0.0940. The van der Waals surface area contributed by atoms with E-state index in [0.29, 0.717) is 29.7 Å². The van der Waals surface area contributed by atoms with Crippen molar-refractivity contribution in [1.82, 2.24) is 5.32 Å². The molecular weight excluding hydrogens is 548 g/mol. The van der Waals surface area contributed by atoms with Crippen LogP contribution in [0.1, 0.15) is 58.2 Å². The monoisotopic (exact) mass is 577 g/mol. The molecule has 3 N–H and O–H groups in total. The third-order valence-electron chi connectivity index (χ3n) is 6.39. The second-order valence-electron chi connectivity index (χ2n) is 10.7. The zero-order chi connectivity index (χ0) is 30.6. The Morgan fingerprint density at radius 2 is 1.74 bits per heavy atom. The van der Waals surface area contributed by atoms with Crippen LogP contribution < -0.4 is 10.6 Å². The van der Waals surface area contributed by atoms with Crippen molar-refractivity contribution in [2.24, 2.45) is 10.9 Å². The summed E-state index contributed by atoms with van der Waals surface area (Å²) in [7, 11) is 0.